The number of carbonyl (C=O) groups excluding carboxylic acids is 1. The Morgan fingerprint density at radius 1 is 1.00 bits per heavy atom. The lowest BCUT2D eigenvalue weighted by molar-refractivity contribution is 0.0796. The third-order valence-corrected chi connectivity index (χ3v) is 5.93. The molecule has 0 unspecified atom stereocenters. The van der Waals surface area contributed by atoms with E-state index in [-0.39, 0.29) is 11.8 Å². The van der Waals surface area contributed by atoms with Crippen LogP contribution in [0.5, 0.6) is 0 Å². The van der Waals surface area contributed by atoms with Crippen LogP contribution in [0.25, 0.3) is 11.0 Å². The maximum absolute atomic E-state index is 13.2. The van der Waals surface area contributed by atoms with Crippen LogP contribution < -0.4 is 0 Å². The number of nitrogens with zero attached hydrogens (tertiary/aromatic N) is 2. The molecule has 0 N–H and O–H groups in total. The van der Waals surface area contributed by atoms with Crippen LogP contribution in [0.15, 0.2) is 59.8 Å². The van der Waals surface area contributed by atoms with E-state index in [0.29, 0.717) is 0 Å². The molecule has 25 heavy (non-hydrogen) atoms. The Labute approximate surface area is 152 Å². The average molecular weight is 350 g/mol. The number of carbonyl (C=O) groups is 1. The molecular formula is C21H22N2OS. The number of benzene rings is 2. The topological polar surface area (TPSA) is 34.9 Å². The van der Waals surface area contributed by atoms with Gasteiger partial charge in [0, 0.05) is 11.7 Å². The number of imidazole rings is 1. The minimum atomic E-state index is 0.141. The van der Waals surface area contributed by atoms with E-state index >= 15 is 0 Å². The highest BCUT2D eigenvalue weighted by Gasteiger charge is 2.26. The van der Waals surface area contributed by atoms with Crippen molar-refractivity contribution < 1.29 is 4.79 Å². The summed E-state index contributed by atoms with van der Waals surface area (Å²) in [6.45, 7) is 0. The van der Waals surface area contributed by atoms with Crippen molar-refractivity contribution in [2.24, 2.45) is 5.92 Å². The molecular weight excluding hydrogens is 328 g/mol. The van der Waals surface area contributed by atoms with E-state index in [2.05, 4.69) is 12.1 Å². The minimum Gasteiger partial charge on any atom is -0.274 e. The van der Waals surface area contributed by atoms with E-state index in [1.807, 2.05) is 47.0 Å². The molecule has 3 aromatic rings. The molecule has 1 heterocycles. The van der Waals surface area contributed by atoms with Gasteiger partial charge in [-0.15, -0.1) is 0 Å². The number of aromatic nitrogens is 2. The van der Waals surface area contributed by atoms with Crippen LogP contribution in [0.3, 0.4) is 0 Å². The number of rotatable bonds is 4. The Kier molecular flexibility index (Phi) is 4.88. The second-order valence-electron chi connectivity index (χ2n) is 6.67. The molecule has 0 atom stereocenters. The normalized spacial score (nSPS) is 15.5. The van der Waals surface area contributed by atoms with E-state index in [1.54, 1.807) is 11.8 Å². The van der Waals surface area contributed by atoms with Crippen LogP contribution in [0.1, 0.15) is 42.5 Å². The highest BCUT2D eigenvalue weighted by Crippen LogP contribution is 2.31. The number of thioether (sulfide) groups is 1. The standard InChI is InChI=1S/C21H22N2OS/c24-20(17-11-5-2-6-12-17)23-19-14-8-7-13-18(19)22-21(23)25-15-16-9-3-1-4-10-16/h1,3-4,7-10,13-14,17H,2,5-6,11-12,15H2. The van der Waals surface area contributed by atoms with Gasteiger partial charge >= 0.3 is 0 Å². The summed E-state index contributed by atoms with van der Waals surface area (Å²) in [5.41, 5.74) is 3.09. The zero-order valence-corrected chi connectivity index (χ0v) is 15.0. The summed E-state index contributed by atoms with van der Waals surface area (Å²) >= 11 is 1.65. The quantitative estimate of drug-likeness (QED) is 0.579. The fourth-order valence-corrected chi connectivity index (χ4v) is 4.54. The molecule has 1 aliphatic rings. The fraction of sp³-hybridized carbons (Fsp3) is 0.333. The van der Waals surface area contributed by atoms with Crippen LogP contribution in [-0.4, -0.2) is 15.5 Å². The molecule has 4 rings (SSSR count). The zero-order valence-electron chi connectivity index (χ0n) is 14.2. The van der Waals surface area contributed by atoms with Crippen LogP contribution in [0, 0.1) is 5.92 Å². The van der Waals surface area contributed by atoms with Gasteiger partial charge in [0.15, 0.2) is 5.16 Å². The lowest BCUT2D eigenvalue weighted by Crippen LogP contribution is -2.24. The van der Waals surface area contributed by atoms with Crippen molar-refractivity contribution in [3.63, 3.8) is 0 Å². The molecule has 0 spiro atoms. The molecule has 1 aliphatic carbocycles. The van der Waals surface area contributed by atoms with Gasteiger partial charge in [0.1, 0.15) is 0 Å². The summed E-state index contributed by atoms with van der Waals surface area (Å²) in [6, 6.07) is 18.3. The first-order chi connectivity index (χ1) is 12.3. The summed E-state index contributed by atoms with van der Waals surface area (Å²) in [4.78, 5) is 18.0. The highest BCUT2D eigenvalue weighted by molar-refractivity contribution is 7.98. The van der Waals surface area contributed by atoms with Gasteiger partial charge in [-0.2, -0.15) is 0 Å². The smallest absolute Gasteiger partial charge is 0.236 e. The number of hydrogen-bond acceptors (Lipinski definition) is 3. The zero-order chi connectivity index (χ0) is 17.1. The first-order valence-electron chi connectivity index (χ1n) is 9.01. The number of fused-ring (bicyclic) bond motifs is 1. The van der Waals surface area contributed by atoms with Gasteiger partial charge in [0.25, 0.3) is 0 Å². The molecule has 1 aromatic heterocycles. The number of para-hydroxylation sites is 2. The summed E-state index contributed by atoms with van der Waals surface area (Å²) in [5, 5.41) is 0.820. The van der Waals surface area contributed by atoms with Crippen molar-refractivity contribution in [3.8, 4) is 0 Å². The van der Waals surface area contributed by atoms with Crippen LogP contribution in [-0.2, 0) is 5.75 Å². The van der Waals surface area contributed by atoms with Crippen LogP contribution >= 0.6 is 11.8 Å². The molecule has 128 valence electrons. The van der Waals surface area contributed by atoms with Gasteiger partial charge in [-0.05, 0) is 30.5 Å². The largest absolute Gasteiger partial charge is 0.274 e. The van der Waals surface area contributed by atoms with Crippen molar-refractivity contribution in [1.82, 2.24) is 9.55 Å². The lowest BCUT2D eigenvalue weighted by atomic mass is 9.88. The summed E-state index contributed by atoms with van der Waals surface area (Å²) in [7, 11) is 0. The van der Waals surface area contributed by atoms with Gasteiger partial charge in [0.05, 0.1) is 11.0 Å². The molecule has 4 heteroatoms. The van der Waals surface area contributed by atoms with Crippen LogP contribution in [0.4, 0.5) is 0 Å². The summed E-state index contributed by atoms with van der Waals surface area (Å²) in [6.07, 6.45) is 5.59. The Bertz CT molecular complexity index is 866. The van der Waals surface area contributed by atoms with E-state index in [4.69, 9.17) is 4.98 Å². The molecule has 1 saturated carbocycles. The SMILES string of the molecule is O=C(C1CCCCC1)n1c(SCc2ccccc2)nc2ccccc21. The molecule has 3 nitrogen and oxygen atoms in total. The predicted molar refractivity (Wildman–Crippen MR) is 103 cm³/mol. The maximum atomic E-state index is 13.2. The Morgan fingerprint density at radius 3 is 2.52 bits per heavy atom. The molecule has 0 saturated heterocycles. The van der Waals surface area contributed by atoms with E-state index < -0.39 is 0 Å². The van der Waals surface area contributed by atoms with Crippen molar-refractivity contribution in [2.45, 2.75) is 43.0 Å². The van der Waals surface area contributed by atoms with Gasteiger partial charge < -0.3 is 0 Å². The first kappa shape index (κ1) is 16.4. The minimum absolute atomic E-state index is 0.141. The van der Waals surface area contributed by atoms with Crippen molar-refractivity contribution in [3.05, 3.63) is 60.2 Å². The molecule has 0 radical (unpaired) electrons. The summed E-state index contributed by atoms with van der Waals surface area (Å²) < 4.78 is 1.87. The Morgan fingerprint density at radius 2 is 1.72 bits per heavy atom. The van der Waals surface area contributed by atoms with Gasteiger partial charge in [-0.1, -0.05) is 73.5 Å². The third kappa shape index (κ3) is 3.49. The molecule has 1 fully saturated rings. The average Bonchev–Trinajstić information content (AvgIpc) is 3.05. The monoisotopic (exact) mass is 350 g/mol. The third-order valence-electron chi connectivity index (χ3n) is 4.92. The number of hydrogen-bond donors (Lipinski definition) is 0. The molecule has 0 amide bonds. The fourth-order valence-electron chi connectivity index (χ4n) is 3.57. The van der Waals surface area contributed by atoms with Crippen LogP contribution in [0.2, 0.25) is 0 Å². The maximum Gasteiger partial charge on any atom is 0.236 e. The molecule has 0 bridgehead atoms. The highest BCUT2D eigenvalue weighted by atomic mass is 32.2. The van der Waals surface area contributed by atoms with E-state index in [9.17, 15) is 4.79 Å². The summed E-state index contributed by atoms with van der Waals surface area (Å²) in [5.74, 6) is 1.19. The van der Waals surface area contributed by atoms with Crippen molar-refractivity contribution >= 4 is 28.7 Å². The van der Waals surface area contributed by atoms with E-state index in [0.717, 1.165) is 47.6 Å². The second kappa shape index (κ2) is 7.44. The molecule has 2 aromatic carbocycles. The van der Waals surface area contributed by atoms with Crippen molar-refractivity contribution in [1.29, 1.82) is 0 Å². The van der Waals surface area contributed by atoms with Crippen molar-refractivity contribution in [2.75, 3.05) is 0 Å². The Balaban J connectivity index is 1.66. The lowest BCUT2D eigenvalue weighted by Gasteiger charge is -2.21. The van der Waals surface area contributed by atoms with E-state index in [1.165, 1.54) is 12.0 Å². The predicted octanol–water partition coefficient (Wildman–Crippen LogP) is 5.55. The van der Waals surface area contributed by atoms with Gasteiger partial charge in [-0.25, -0.2) is 4.98 Å². The second-order valence-corrected chi connectivity index (χ2v) is 7.61. The molecule has 0 aliphatic heterocycles. The first-order valence-corrected chi connectivity index (χ1v) is 10.00. The Hall–Kier alpha value is -2.07. The van der Waals surface area contributed by atoms with Gasteiger partial charge in [0.2, 0.25) is 5.91 Å². The van der Waals surface area contributed by atoms with Gasteiger partial charge in [-0.3, -0.25) is 9.36 Å².